The summed E-state index contributed by atoms with van der Waals surface area (Å²) in [5, 5.41) is 4.54. The van der Waals surface area contributed by atoms with Crippen molar-refractivity contribution in [2.45, 2.75) is 33.7 Å². The molecule has 2 N–H and O–H groups in total. The lowest BCUT2D eigenvalue weighted by atomic mass is 10.1. The molecule has 0 radical (unpaired) electrons. The maximum Gasteiger partial charge on any atom is 0.223 e. The molecule has 0 aliphatic rings. The number of aromatic nitrogens is 4. The summed E-state index contributed by atoms with van der Waals surface area (Å²) in [6.07, 6.45) is 1.04. The predicted octanol–water partition coefficient (Wildman–Crippen LogP) is 1.96. The number of nitrogen functional groups attached to an aromatic ring is 1. The van der Waals surface area contributed by atoms with Crippen molar-refractivity contribution in [3.63, 3.8) is 0 Å². The Morgan fingerprint density at radius 1 is 1.32 bits per heavy atom. The van der Waals surface area contributed by atoms with E-state index in [0.29, 0.717) is 5.88 Å². The van der Waals surface area contributed by atoms with E-state index in [0.717, 1.165) is 35.6 Å². The smallest absolute Gasteiger partial charge is 0.223 e. The Morgan fingerprint density at radius 2 is 2.05 bits per heavy atom. The molecule has 2 aromatic rings. The largest absolute Gasteiger partial charge is 0.481 e. The van der Waals surface area contributed by atoms with Crippen LogP contribution in [0.4, 0.5) is 5.95 Å². The maximum atomic E-state index is 5.71. The van der Waals surface area contributed by atoms with E-state index in [1.807, 2.05) is 18.5 Å². The lowest BCUT2D eigenvalue weighted by Crippen LogP contribution is -2.02. The summed E-state index contributed by atoms with van der Waals surface area (Å²) < 4.78 is 7.13. The first kappa shape index (κ1) is 13.3. The van der Waals surface area contributed by atoms with Gasteiger partial charge in [-0.25, -0.2) is 4.98 Å². The Hall–Kier alpha value is -2.11. The van der Waals surface area contributed by atoms with Crippen molar-refractivity contribution in [3.8, 4) is 17.1 Å². The first-order chi connectivity index (χ1) is 9.06. The monoisotopic (exact) mass is 261 g/mol. The molecule has 0 saturated heterocycles. The fraction of sp³-hybridized carbons (Fsp3) is 0.462. The zero-order chi connectivity index (χ0) is 14.0. The molecule has 0 spiro atoms. The van der Waals surface area contributed by atoms with Crippen LogP contribution in [-0.2, 0) is 6.54 Å². The van der Waals surface area contributed by atoms with Gasteiger partial charge in [-0.1, -0.05) is 6.92 Å². The Morgan fingerprint density at radius 3 is 2.68 bits per heavy atom. The highest BCUT2D eigenvalue weighted by molar-refractivity contribution is 5.66. The minimum absolute atomic E-state index is 0.205. The highest BCUT2D eigenvalue weighted by Gasteiger charge is 2.16. The molecule has 0 saturated carbocycles. The minimum atomic E-state index is 0.205. The van der Waals surface area contributed by atoms with Crippen LogP contribution in [-0.4, -0.2) is 26.9 Å². The van der Waals surface area contributed by atoms with E-state index in [1.54, 1.807) is 13.2 Å². The first-order valence-corrected chi connectivity index (χ1v) is 6.29. The van der Waals surface area contributed by atoms with Crippen molar-refractivity contribution >= 4 is 5.95 Å². The average molecular weight is 261 g/mol. The second-order valence-corrected chi connectivity index (χ2v) is 4.42. The topological polar surface area (TPSA) is 78.8 Å². The Labute approximate surface area is 112 Å². The molecule has 0 amide bonds. The van der Waals surface area contributed by atoms with Crippen LogP contribution in [0.15, 0.2) is 6.07 Å². The Bertz CT molecular complexity index is 591. The molecule has 0 aromatic carbocycles. The van der Waals surface area contributed by atoms with Gasteiger partial charge in [0.1, 0.15) is 0 Å². The molecule has 2 rings (SSSR count). The van der Waals surface area contributed by atoms with E-state index in [-0.39, 0.29) is 5.95 Å². The number of ether oxygens (including phenoxy) is 1. The molecule has 0 aliphatic carbocycles. The molecule has 0 unspecified atom stereocenters. The van der Waals surface area contributed by atoms with Crippen molar-refractivity contribution in [3.05, 3.63) is 17.5 Å². The van der Waals surface area contributed by atoms with Gasteiger partial charge in [-0.2, -0.15) is 10.1 Å². The van der Waals surface area contributed by atoms with Crippen LogP contribution < -0.4 is 10.5 Å². The fourth-order valence-corrected chi connectivity index (χ4v) is 2.17. The van der Waals surface area contributed by atoms with Crippen LogP contribution in [0.3, 0.4) is 0 Å². The fourth-order valence-electron chi connectivity index (χ4n) is 2.17. The highest BCUT2D eigenvalue weighted by Crippen LogP contribution is 2.28. The van der Waals surface area contributed by atoms with Gasteiger partial charge in [0, 0.05) is 23.9 Å². The molecule has 0 bridgehead atoms. The zero-order valence-corrected chi connectivity index (χ0v) is 11.8. The molecular weight excluding hydrogens is 242 g/mol. The predicted molar refractivity (Wildman–Crippen MR) is 74.0 cm³/mol. The molecule has 19 heavy (non-hydrogen) atoms. The quantitative estimate of drug-likeness (QED) is 0.910. The number of anilines is 1. The van der Waals surface area contributed by atoms with Crippen LogP contribution >= 0.6 is 0 Å². The molecule has 6 heteroatoms. The van der Waals surface area contributed by atoms with Crippen LogP contribution in [0, 0.1) is 13.8 Å². The van der Waals surface area contributed by atoms with E-state index < -0.39 is 0 Å². The standard InChI is InChI=1S/C13H19N5O/c1-5-6-18-9(3)12(8(2)17-18)10-7-11(19-4)16-13(14)15-10/h7H,5-6H2,1-4H3,(H2,14,15,16). The zero-order valence-electron chi connectivity index (χ0n) is 11.8. The third-order valence-electron chi connectivity index (χ3n) is 3.00. The molecule has 2 heterocycles. The molecule has 2 aromatic heterocycles. The summed E-state index contributed by atoms with van der Waals surface area (Å²) in [5.41, 5.74) is 9.48. The number of aryl methyl sites for hydroxylation is 2. The number of hydrogen-bond acceptors (Lipinski definition) is 5. The SMILES string of the molecule is CCCn1nc(C)c(-c2cc(OC)nc(N)n2)c1C. The van der Waals surface area contributed by atoms with Crippen molar-refractivity contribution in [1.29, 1.82) is 0 Å². The van der Waals surface area contributed by atoms with E-state index >= 15 is 0 Å². The third kappa shape index (κ3) is 2.52. The minimum Gasteiger partial charge on any atom is -0.481 e. The second kappa shape index (κ2) is 5.26. The van der Waals surface area contributed by atoms with Crippen molar-refractivity contribution in [2.24, 2.45) is 0 Å². The van der Waals surface area contributed by atoms with Crippen LogP contribution in [0.2, 0.25) is 0 Å². The number of rotatable bonds is 4. The first-order valence-electron chi connectivity index (χ1n) is 6.29. The second-order valence-electron chi connectivity index (χ2n) is 4.42. The van der Waals surface area contributed by atoms with E-state index in [2.05, 4.69) is 22.0 Å². The van der Waals surface area contributed by atoms with Gasteiger partial charge in [0.05, 0.1) is 18.5 Å². The summed E-state index contributed by atoms with van der Waals surface area (Å²) in [4.78, 5) is 8.28. The third-order valence-corrected chi connectivity index (χ3v) is 3.00. The van der Waals surface area contributed by atoms with Crippen molar-refractivity contribution in [1.82, 2.24) is 19.7 Å². The lowest BCUT2D eigenvalue weighted by molar-refractivity contribution is 0.398. The van der Waals surface area contributed by atoms with Gasteiger partial charge >= 0.3 is 0 Å². The van der Waals surface area contributed by atoms with Crippen LogP contribution in [0.1, 0.15) is 24.7 Å². The number of nitrogens with two attached hydrogens (primary N) is 1. The molecule has 0 atom stereocenters. The molecule has 0 aliphatic heterocycles. The van der Waals surface area contributed by atoms with Gasteiger partial charge in [0.25, 0.3) is 0 Å². The highest BCUT2D eigenvalue weighted by atomic mass is 16.5. The molecule has 0 fully saturated rings. The van der Waals surface area contributed by atoms with Gasteiger partial charge in [0.2, 0.25) is 11.8 Å². The molecular formula is C13H19N5O. The Kier molecular flexibility index (Phi) is 3.69. The molecule has 102 valence electrons. The van der Waals surface area contributed by atoms with Crippen molar-refractivity contribution in [2.75, 3.05) is 12.8 Å². The Balaban J connectivity index is 2.55. The average Bonchev–Trinajstić information content (AvgIpc) is 2.64. The van der Waals surface area contributed by atoms with Gasteiger partial charge < -0.3 is 10.5 Å². The number of methoxy groups -OCH3 is 1. The summed E-state index contributed by atoms with van der Waals surface area (Å²) >= 11 is 0. The van der Waals surface area contributed by atoms with Gasteiger partial charge in [-0.05, 0) is 20.3 Å². The van der Waals surface area contributed by atoms with Crippen molar-refractivity contribution < 1.29 is 4.74 Å². The van der Waals surface area contributed by atoms with E-state index in [4.69, 9.17) is 10.5 Å². The van der Waals surface area contributed by atoms with Crippen LogP contribution in [0.5, 0.6) is 5.88 Å². The number of nitrogens with zero attached hydrogens (tertiary/aromatic N) is 4. The van der Waals surface area contributed by atoms with Gasteiger partial charge in [-0.15, -0.1) is 0 Å². The number of hydrogen-bond donors (Lipinski definition) is 1. The van der Waals surface area contributed by atoms with Gasteiger partial charge in [0.15, 0.2) is 0 Å². The summed E-state index contributed by atoms with van der Waals surface area (Å²) in [6.45, 7) is 7.03. The summed E-state index contributed by atoms with van der Waals surface area (Å²) in [6, 6.07) is 1.78. The van der Waals surface area contributed by atoms with E-state index in [9.17, 15) is 0 Å². The maximum absolute atomic E-state index is 5.71. The van der Waals surface area contributed by atoms with Crippen LogP contribution in [0.25, 0.3) is 11.3 Å². The normalized spacial score (nSPS) is 10.7. The van der Waals surface area contributed by atoms with E-state index in [1.165, 1.54) is 0 Å². The lowest BCUT2D eigenvalue weighted by Gasteiger charge is -2.06. The summed E-state index contributed by atoms with van der Waals surface area (Å²) in [7, 11) is 1.56. The van der Waals surface area contributed by atoms with Gasteiger partial charge in [-0.3, -0.25) is 4.68 Å². The summed E-state index contributed by atoms with van der Waals surface area (Å²) in [5.74, 6) is 0.668. The molecule has 6 nitrogen and oxygen atoms in total.